The average molecular weight is 278 g/mol. The molecule has 1 N–H and O–H groups in total. The van der Waals surface area contributed by atoms with E-state index in [-0.39, 0.29) is 0 Å². The molecule has 3 heterocycles. The van der Waals surface area contributed by atoms with Crippen LogP contribution in [0.25, 0.3) is 0 Å². The van der Waals surface area contributed by atoms with Gasteiger partial charge in [0.2, 0.25) is 0 Å². The van der Waals surface area contributed by atoms with Crippen LogP contribution in [0, 0.1) is 0 Å². The minimum atomic E-state index is 0.615. The van der Waals surface area contributed by atoms with Crippen LogP contribution in [0.1, 0.15) is 25.7 Å². The molecule has 3 rings (SSSR count). The predicted molar refractivity (Wildman–Crippen MR) is 80.7 cm³/mol. The molecule has 2 saturated heterocycles. The summed E-state index contributed by atoms with van der Waals surface area (Å²) in [7, 11) is 0. The van der Waals surface area contributed by atoms with Crippen LogP contribution in [0.2, 0.25) is 0 Å². The van der Waals surface area contributed by atoms with Crippen LogP contribution in [0.4, 0.5) is 5.82 Å². The van der Waals surface area contributed by atoms with E-state index in [4.69, 9.17) is 0 Å². The van der Waals surface area contributed by atoms with Gasteiger partial charge in [-0.3, -0.25) is 0 Å². The molecule has 1 aromatic heterocycles. The van der Waals surface area contributed by atoms with Crippen molar-refractivity contribution >= 4 is 17.6 Å². The predicted octanol–water partition coefficient (Wildman–Crippen LogP) is 1.93. The van der Waals surface area contributed by atoms with E-state index in [1.807, 2.05) is 6.07 Å². The van der Waals surface area contributed by atoms with Gasteiger partial charge < -0.3 is 10.2 Å². The van der Waals surface area contributed by atoms with E-state index in [1.165, 1.54) is 37.2 Å². The lowest BCUT2D eigenvalue weighted by Crippen LogP contribution is -2.50. The molecule has 104 valence electrons. The summed E-state index contributed by atoms with van der Waals surface area (Å²) in [4.78, 5) is 2.37. The number of nitrogens with one attached hydrogen (secondary N) is 1. The highest BCUT2D eigenvalue weighted by atomic mass is 32.2. The zero-order valence-corrected chi connectivity index (χ0v) is 12.1. The molecule has 0 aromatic carbocycles. The summed E-state index contributed by atoms with van der Waals surface area (Å²) < 4.78 is 0. The molecule has 1 aromatic rings. The van der Waals surface area contributed by atoms with E-state index in [9.17, 15) is 0 Å². The second-order valence-electron chi connectivity index (χ2n) is 5.42. The maximum Gasteiger partial charge on any atom is 0.151 e. The van der Waals surface area contributed by atoms with Gasteiger partial charge in [-0.15, -0.1) is 5.10 Å². The summed E-state index contributed by atoms with van der Waals surface area (Å²) in [6, 6.07) is 5.38. The third-order valence-electron chi connectivity index (χ3n) is 4.00. The van der Waals surface area contributed by atoms with E-state index >= 15 is 0 Å². The monoisotopic (exact) mass is 278 g/mol. The molecule has 0 spiro atoms. The Balaban J connectivity index is 1.55. The maximum atomic E-state index is 4.23. The molecule has 5 heteroatoms. The number of anilines is 1. The third-order valence-corrected chi connectivity index (χ3v) is 5.05. The van der Waals surface area contributed by atoms with E-state index in [2.05, 4.69) is 38.2 Å². The summed E-state index contributed by atoms with van der Waals surface area (Å²) >= 11 is 2.09. The van der Waals surface area contributed by atoms with Gasteiger partial charge in [0, 0.05) is 31.4 Å². The Kier molecular flexibility index (Phi) is 4.56. The Morgan fingerprint density at radius 1 is 1.21 bits per heavy atom. The molecular weight excluding hydrogens is 256 g/mol. The lowest BCUT2D eigenvalue weighted by atomic mass is 10.0. The first kappa shape index (κ1) is 13.2. The van der Waals surface area contributed by atoms with Crippen molar-refractivity contribution in [3.05, 3.63) is 18.3 Å². The fraction of sp³-hybridized carbons (Fsp3) is 0.714. The van der Waals surface area contributed by atoms with Crippen molar-refractivity contribution in [3.8, 4) is 0 Å². The van der Waals surface area contributed by atoms with Gasteiger partial charge in [-0.1, -0.05) is 0 Å². The van der Waals surface area contributed by atoms with Crippen molar-refractivity contribution in [2.45, 2.75) is 37.8 Å². The van der Waals surface area contributed by atoms with E-state index < -0.39 is 0 Å². The number of hydrogen-bond acceptors (Lipinski definition) is 5. The highest BCUT2D eigenvalue weighted by Gasteiger charge is 2.24. The number of thioether (sulfide) groups is 1. The second kappa shape index (κ2) is 6.57. The zero-order valence-electron chi connectivity index (χ0n) is 11.3. The van der Waals surface area contributed by atoms with Crippen molar-refractivity contribution in [1.29, 1.82) is 0 Å². The van der Waals surface area contributed by atoms with Gasteiger partial charge in [0.05, 0.1) is 0 Å². The van der Waals surface area contributed by atoms with Gasteiger partial charge in [0.1, 0.15) is 0 Å². The Hall–Kier alpha value is -0.810. The van der Waals surface area contributed by atoms with Crippen molar-refractivity contribution in [2.75, 3.05) is 29.5 Å². The highest BCUT2D eigenvalue weighted by Crippen LogP contribution is 2.21. The van der Waals surface area contributed by atoms with Crippen molar-refractivity contribution in [2.24, 2.45) is 0 Å². The number of hydrogen-bond donors (Lipinski definition) is 1. The normalized spacial score (nSPS) is 25.5. The molecule has 0 radical (unpaired) electrons. The quantitative estimate of drug-likeness (QED) is 0.915. The molecule has 0 amide bonds. The molecule has 1 unspecified atom stereocenters. The van der Waals surface area contributed by atoms with E-state index in [1.54, 1.807) is 6.20 Å². The second-order valence-corrected chi connectivity index (χ2v) is 6.65. The number of rotatable bonds is 3. The smallest absolute Gasteiger partial charge is 0.151 e. The molecule has 2 aliphatic heterocycles. The van der Waals surface area contributed by atoms with Gasteiger partial charge in [0.25, 0.3) is 0 Å². The van der Waals surface area contributed by atoms with Crippen molar-refractivity contribution in [3.63, 3.8) is 0 Å². The van der Waals surface area contributed by atoms with Crippen LogP contribution in [-0.4, -0.2) is 46.9 Å². The largest absolute Gasteiger partial charge is 0.354 e. The molecular formula is C14H22N4S. The van der Waals surface area contributed by atoms with E-state index in [0.717, 1.165) is 24.9 Å². The molecule has 0 saturated carbocycles. The van der Waals surface area contributed by atoms with Gasteiger partial charge in [-0.25, -0.2) is 0 Å². The maximum absolute atomic E-state index is 4.23. The summed E-state index contributed by atoms with van der Waals surface area (Å²) in [5.41, 5.74) is 0. The van der Waals surface area contributed by atoms with Gasteiger partial charge in [-0.05, 0) is 49.3 Å². The fourth-order valence-electron chi connectivity index (χ4n) is 2.98. The van der Waals surface area contributed by atoms with Crippen LogP contribution < -0.4 is 10.2 Å². The zero-order chi connectivity index (χ0) is 12.9. The Labute approximate surface area is 119 Å². The number of piperidine rings is 1. The molecule has 0 bridgehead atoms. The van der Waals surface area contributed by atoms with Crippen molar-refractivity contribution < 1.29 is 0 Å². The SMILES string of the molecule is c1cnnc(N2CCCC(NC3CCSCC3)C2)c1. The fourth-order valence-corrected chi connectivity index (χ4v) is 4.09. The minimum Gasteiger partial charge on any atom is -0.354 e. The lowest BCUT2D eigenvalue weighted by Gasteiger charge is -2.36. The first-order valence-corrected chi connectivity index (χ1v) is 8.44. The Morgan fingerprint density at radius 2 is 2.11 bits per heavy atom. The third kappa shape index (κ3) is 3.60. The van der Waals surface area contributed by atoms with Gasteiger partial charge in [0.15, 0.2) is 5.82 Å². The highest BCUT2D eigenvalue weighted by molar-refractivity contribution is 7.99. The van der Waals surface area contributed by atoms with Crippen LogP contribution in [0.5, 0.6) is 0 Å². The van der Waals surface area contributed by atoms with Crippen LogP contribution in [-0.2, 0) is 0 Å². The van der Waals surface area contributed by atoms with Gasteiger partial charge in [-0.2, -0.15) is 16.9 Å². The summed E-state index contributed by atoms with van der Waals surface area (Å²) in [5.74, 6) is 3.66. The summed E-state index contributed by atoms with van der Waals surface area (Å²) in [6.07, 6.45) is 6.93. The van der Waals surface area contributed by atoms with Crippen LogP contribution >= 0.6 is 11.8 Å². The molecule has 1 atom stereocenters. The summed E-state index contributed by atoms with van der Waals surface area (Å²) in [5, 5.41) is 12.1. The Morgan fingerprint density at radius 3 is 2.89 bits per heavy atom. The van der Waals surface area contributed by atoms with E-state index in [0.29, 0.717) is 6.04 Å². The first-order chi connectivity index (χ1) is 9.42. The summed E-state index contributed by atoms with van der Waals surface area (Å²) in [6.45, 7) is 2.18. The van der Waals surface area contributed by atoms with Crippen molar-refractivity contribution in [1.82, 2.24) is 15.5 Å². The van der Waals surface area contributed by atoms with Gasteiger partial charge >= 0.3 is 0 Å². The molecule has 2 fully saturated rings. The van der Waals surface area contributed by atoms with Crippen LogP contribution in [0.3, 0.4) is 0 Å². The number of nitrogens with zero attached hydrogens (tertiary/aromatic N) is 3. The molecule has 4 nitrogen and oxygen atoms in total. The molecule has 0 aliphatic carbocycles. The van der Waals surface area contributed by atoms with Crippen LogP contribution in [0.15, 0.2) is 18.3 Å². The topological polar surface area (TPSA) is 41.1 Å². The minimum absolute atomic E-state index is 0.615. The number of aromatic nitrogens is 2. The first-order valence-electron chi connectivity index (χ1n) is 7.28. The molecule has 19 heavy (non-hydrogen) atoms. The Bertz CT molecular complexity index is 380. The lowest BCUT2D eigenvalue weighted by molar-refractivity contribution is 0.359. The average Bonchev–Trinajstić information content (AvgIpc) is 2.49. The molecule has 2 aliphatic rings. The standard InChI is InChI=1S/C14H22N4S/c1-4-14(17-15-7-1)18-8-2-3-13(11-18)16-12-5-9-19-10-6-12/h1,4,7,12-13,16H,2-3,5-6,8-11H2.